The maximum Gasteiger partial charge on any atom is 0.0935 e. The Morgan fingerprint density at radius 2 is 2.06 bits per heavy atom. The Morgan fingerprint density at radius 3 is 3.06 bits per heavy atom. The number of allylic oxidation sites excluding steroid dienone is 2. The lowest BCUT2D eigenvalue weighted by atomic mass is 9.98. The fourth-order valence-corrected chi connectivity index (χ4v) is 2.20. The van der Waals surface area contributed by atoms with Gasteiger partial charge in [-0.2, -0.15) is 0 Å². The van der Waals surface area contributed by atoms with Gasteiger partial charge in [-0.25, -0.2) is 0 Å². The zero-order chi connectivity index (χ0) is 10.8. The van der Waals surface area contributed by atoms with E-state index in [0.29, 0.717) is 0 Å². The van der Waals surface area contributed by atoms with Gasteiger partial charge in [-0.3, -0.25) is 4.99 Å². The summed E-state index contributed by atoms with van der Waals surface area (Å²) in [5.74, 6) is 0. The molecule has 0 radical (unpaired) electrons. The van der Waals surface area contributed by atoms with Crippen molar-refractivity contribution in [2.75, 3.05) is 0 Å². The summed E-state index contributed by atoms with van der Waals surface area (Å²) in [6.45, 7) is 0. The summed E-state index contributed by atoms with van der Waals surface area (Å²) >= 11 is 0. The van der Waals surface area contributed by atoms with Crippen LogP contribution in [0.25, 0.3) is 11.6 Å². The summed E-state index contributed by atoms with van der Waals surface area (Å²) in [6.07, 6.45) is 13.6. The molecule has 1 nitrogen and oxygen atoms in total. The topological polar surface area (TPSA) is 12.4 Å². The Labute approximate surface area is 94.8 Å². The van der Waals surface area contributed by atoms with E-state index in [9.17, 15) is 0 Å². The third-order valence-electron chi connectivity index (χ3n) is 2.98. The average molecular weight is 207 g/mol. The molecule has 1 aliphatic carbocycles. The second kappa shape index (κ2) is 3.93. The van der Waals surface area contributed by atoms with Gasteiger partial charge in [0.25, 0.3) is 0 Å². The van der Waals surface area contributed by atoms with E-state index in [1.54, 1.807) is 0 Å². The Hall–Kier alpha value is -1.89. The monoisotopic (exact) mass is 207 g/mol. The number of hydrogen-bond acceptors (Lipinski definition) is 1. The van der Waals surface area contributed by atoms with E-state index in [1.165, 1.54) is 16.0 Å². The summed E-state index contributed by atoms with van der Waals surface area (Å²) in [5, 5.41) is 2.62. The number of rotatable bonds is 0. The molecule has 0 saturated carbocycles. The van der Waals surface area contributed by atoms with Crippen molar-refractivity contribution >= 4 is 17.9 Å². The SMILES string of the molecule is C1=C/C2=c3\ccccc3=CCC=NC2C=C1. The number of aliphatic imine (C=N–C) groups is 1. The van der Waals surface area contributed by atoms with Gasteiger partial charge in [0.05, 0.1) is 6.04 Å². The first-order chi connectivity index (χ1) is 7.95. The van der Waals surface area contributed by atoms with Crippen LogP contribution >= 0.6 is 0 Å². The van der Waals surface area contributed by atoms with E-state index >= 15 is 0 Å². The second-order valence-corrected chi connectivity index (χ2v) is 4.00. The molecular formula is C15H13N. The quantitative estimate of drug-likeness (QED) is 0.612. The van der Waals surface area contributed by atoms with E-state index < -0.39 is 0 Å². The minimum atomic E-state index is 0.194. The lowest BCUT2D eigenvalue weighted by Crippen LogP contribution is -2.30. The van der Waals surface area contributed by atoms with Gasteiger partial charge in [-0.15, -0.1) is 0 Å². The van der Waals surface area contributed by atoms with Crippen LogP contribution in [0.3, 0.4) is 0 Å². The molecule has 0 bridgehead atoms. The third-order valence-corrected chi connectivity index (χ3v) is 2.98. The van der Waals surface area contributed by atoms with Crippen molar-refractivity contribution in [3.63, 3.8) is 0 Å². The molecule has 16 heavy (non-hydrogen) atoms. The number of nitrogens with zero attached hydrogens (tertiary/aromatic N) is 1. The smallest absolute Gasteiger partial charge is 0.0935 e. The highest BCUT2D eigenvalue weighted by Crippen LogP contribution is 2.14. The first kappa shape index (κ1) is 9.34. The van der Waals surface area contributed by atoms with Gasteiger partial charge in [0.1, 0.15) is 0 Å². The predicted octanol–water partition coefficient (Wildman–Crippen LogP) is 1.59. The minimum Gasteiger partial charge on any atom is -0.285 e. The van der Waals surface area contributed by atoms with Crippen LogP contribution in [0.1, 0.15) is 6.42 Å². The molecule has 1 unspecified atom stereocenters. The highest BCUT2D eigenvalue weighted by Gasteiger charge is 2.10. The molecule has 2 aliphatic rings. The lowest BCUT2D eigenvalue weighted by Gasteiger charge is -2.14. The van der Waals surface area contributed by atoms with E-state index in [0.717, 1.165) is 6.42 Å². The van der Waals surface area contributed by atoms with Gasteiger partial charge in [0, 0.05) is 12.6 Å². The number of hydrogen-bond donors (Lipinski definition) is 0. The average Bonchev–Trinajstić information content (AvgIpc) is 2.33. The highest BCUT2D eigenvalue weighted by molar-refractivity contribution is 5.74. The summed E-state index contributed by atoms with van der Waals surface area (Å²) in [5.41, 5.74) is 1.30. The van der Waals surface area contributed by atoms with E-state index in [-0.39, 0.29) is 6.04 Å². The molecule has 1 aromatic rings. The van der Waals surface area contributed by atoms with Crippen LogP contribution in [0.15, 0.2) is 53.6 Å². The Bertz CT molecular complexity index is 603. The third kappa shape index (κ3) is 1.54. The normalized spacial score (nSPS) is 25.1. The van der Waals surface area contributed by atoms with Crippen LogP contribution in [0.5, 0.6) is 0 Å². The molecule has 1 aliphatic heterocycles. The molecule has 0 fully saturated rings. The summed E-state index contributed by atoms with van der Waals surface area (Å²) in [4.78, 5) is 4.57. The molecule has 1 heteroatoms. The van der Waals surface area contributed by atoms with Crippen molar-refractivity contribution < 1.29 is 0 Å². The molecule has 0 N–H and O–H groups in total. The largest absolute Gasteiger partial charge is 0.285 e. The summed E-state index contributed by atoms with van der Waals surface area (Å²) < 4.78 is 0. The van der Waals surface area contributed by atoms with E-state index in [1.807, 2.05) is 6.21 Å². The van der Waals surface area contributed by atoms with Crippen molar-refractivity contribution in [1.82, 2.24) is 0 Å². The first-order valence-corrected chi connectivity index (χ1v) is 5.61. The molecular weight excluding hydrogens is 194 g/mol. The van der Waals surface area contributed by atoms with Crippen LogP contribution in [0.2, 0.25) is 0 Å². The van der Waals surface area contributed by atoms with Crippen molar-refractivity contribution in [2.45, 2.75) is 12.5 Å². The molecule has 0 saturated heterocycles. The van der Waals surface area contributed by atoms with Gasteiger partial charge in [-0.1, -0.05) is 54.6 Å². The standard InChI is InChI=1S/C15H13N/c1-2-8-13-12(6-1)7-5-11-16-15-10-4-3-9-14(13)15/h1-4,6-11,15H,5H2/b12-7?,14-13-,16-11?. The Kier molecular flexibility index (Phi) is 2.30. The maximum atomic E-state index is 4.57. The fraction of sp³-hybridized carbons (Fsp3) is 0.133. The zero-order valence-electron chi connectivity index (χ0n) is 9.01. The zero-order valence-corrected chi connectivity index (χ0v) is 9.01. The Morgan fingerprint density at radius 1 is 1.12 bits per heavy atom. The summed E-state index contributed by atoms with van der Waals surface area (Å²) in [7, 11) is 0. The van der Waals surface area contributed by atoms with Crippen LogP contribution < -0.4 is 10.4 Å². The first-order valence-electron chi connectivity index (χ1n) is 5.61. The lowest BCUT2D eigenvalue weighted by molar-refractivity contribution is 1.04. The maximum absolute atomic E-state index is 4.57. The van der Waals surface area contributed by atoms with Crippen molar-refractivity contribution in [3.05, 3.63) is 59.0 Å². The van der Waals surface area contributed by atoms with Gasteiger partial charge in [-0.05, 0) is 16.0 Å². The van der Waals surface area contributed by atoms with Crippen molar-refractivity contribution in [2.24, 2.45) is 4.99 Å². The molecule has 3 rings (SSSR count). The van der Waals surface area contributed by atoms with Crippen LogP contribution in [-0.2, 0) is 0 Å². The van der Waals surface area contributed by atoms with Crippen molar-refractivity contribution in [3.8, 4) is 0 Å². The van der Waals surface area contributed by atoms with Gasteiger partial charge in [0.2, 0.25) is 0 Å². The van der Waals surface area contributed by atoms with E-state index in [4.69, 9.17) is 0 Å². The second-order valence-electron chi connectivity index (χ2n) is 4.00. The van der Waals surface area contributed by atoms with Gasteiger partial charge in [0.15, 0.2) is 0 Å². The van der Waals surface area contributed by atoms with Gasteiger partial charge < -0.3 is 0 Å². The van der Waals surface area contributed by atoms with Crippen molar-refractivity contribution in [1.29, 1.82) is 0 Å². The molecule has 1 atom stereocenters. The minimum absolute atomic E-state index is 0.194. The van der Waals surface area contributed by atoms with E-state index in [2.05, 4.69) is 59.6 Å². The van der Waals surface area contributed by atoms with Crippen LogP contribution in [0.4, 0.5) is 0 Å². The van der Waals surface area contributed by atoms with Crippen LogP contribution in [0, 0.1) is 0 Å². The highest BCUT2D eigenvalue weighted by atomic mass is 14.8. The predicted molar refractivity (Wildman–Crippen MR) is 68.7 cm³/mol. The number of fused-ring (bicyclic) bond motifs is 2. The van der Waals surface area contributed by atoms with Gasteiger partial charge >= 0.3 is 0 Å². The number of benzene rings is 1. The van der Waals surface area contributed by atoms with Crippen LogP contribution in [-0.4, -0.2) is 12.3 Å². The molecule has 0 aromatic heterocycles. The molecule has 0 spiro atoms. The molecule has 78 valence electrons. The summed E-state index contributed by atoms with van der Waals surface area (Å²) in [6, 6.07) is 8.73. The fourth-order valence-electron chi connectivity index (χ4n) is 2.20. The molecule has 1 aromatic carbocycles. The molecule has 0 amide bonds. The Balaban J connectivity index is 2.39. The molecule has 1 heterocycles.